The van der Waals surface area contributed by atoms with E-state index in [-0.39, 0.29) is 11.8 Å². The molecule has 1 aliphatic rings. The zero-order valence-corrected chi connectivity index (χ0v) is 15.0. The molecule has 1 amide bonds. The highest BCUT2D eigenvalue weighted by Gasteiger charge is 2.26. The second-order valence-corrected chi connectivity index (χ2v) is 6.76. The van der Waals surface area contributed by atoms with E-state index in [2.05, 4.69) is 36.1 Å². The van der Waals surface area contributed by atoms with Crippen LogP contribution in [-0.2, 0) is 13.0 Å². The minimum absolute atomic E-state index is 0.0264. The number of hydrogen-bond donors (Lipinski definition) is 0. The Kier molecular flexibility index (Phi) is 4.29. The van der Waals surface area contributed by atoms with E-state index in [1.165, 1.54) is 11.1 Å². The van der Waals surface area contributed by atoms with Gasteiger partial charge in [0, 0.05) is 18.0 Å². The fourth-order valence-electron chi connectivity index (χ4n) is 3.51. The first kappa shape index (κ1) is 16.5. The third-order valence-corrected chi connectivity index (χ3v) is 5.04. The number of hydrogen-bond acceptors (Lipinski definition) is 4. The summed E-state index contributed by atoms with van der Waals surface area (Å²) in [5.41, 5.74) is 4.26. The molecule has 1 atom stereocenters. The van der Waals surface area contributed by atoms with E-state index in [9.17, 15) is 4.79 Å². The van der Waals surface area contributed by atoms with Crippen LogP contribution in [0.3, 0.4) is 0 Å². The lowest BCUT2D eigenvalue weighted by Gasteiger charge is -2.27. The number of benzene rings is 2. The van der Waals surface area contributed by atoms with Gasteiger partial charge in [0.15, 0.2) is 5.82 Å². The van der Waals surface area contributed by atoms with Crippen LogP contribution in [0.2, 0.25) is 0 Å². The SMILES string of the molecule is Cc1ccccc1C(C)c1noc(CN2CCc3ccccc3C2=O)n1. The first-order chi connectivity index (χ1) is 12.6. The maximum Gasteiger partial charge on any atom is 0.254 e. The van der Waals surface area contributed by atoms with Gasteiger partial charge in [-0.05, 0) is 36.1 Å². The average Bonchev–Trinajstić information content (AvgIpc) is 3.13. The second-order valence-electron chi connectivity index (χ2n) is 6.76. The van der Waals surface area contributed by atoms with Gasteiger partial charge in [-0.3, -0.25) is 4.79 Å². The fourth-order valence-corrected chi connectivity index (χ4v) is 3.51. The zero-order chi connectivity index (χ0) is 18.1. The van der Waals surface area contributed by atoms with Gasteiger partial charge in [-0.25, -0.2) is 0 Å². The molecule has 132 valence electrons. The normalized spacial score (nSPS) is 15.0. The number of fused-ring (bicyclic) bond motifs is 1. The van der Waals surface area contributed by atoms with Gasteiger partial charge < -0.3 is 9.42 Å². The smallest absolute Gasteiger partial charge is 0.254 e. The van der Waals surface area contributed by atoms with Crippen LogP contribution in [-0.4, -0.2) is 27.5 Å². The van der Waals surface area contributed by atoms with Crippen molar-refractivity contribution in [3.63, 3.8) is 0 Å². The van der Waals surface area contributed by atoms with Crippen LogP contribution in [0.1, 0.15) is 51.6 Å². The lowest BCUT2D eigenvalue weighted by molar-refractivity contribution is 0.0707. The first-order valence-corrected chi connectivity index (χ1v) is 8.88. The van der Waals surface area contributed by atoms with Crippen molar-refractivity contribution >= 4 is 5.91 Å². The highest BCUT2D eigenvalue weighted by atomic mass is 16.5. The van der Waals surface area contributed by atoms with E-state index in [4.69, 9.17) is 4.52 Å². The van der Waals surface area contributed by atoms with Gasteiger partial charge in [-0.2, -0.15) is 4.98 Å². The predicted octanol–water partition coefficient (Wildman–Crippen LogP) is 3.73. The Hall–Kier alpha value is -2.95. The summed E-state index contributed by atoms with van der Waals surface area (Å²) < 4.78 is 5.43. The van der Waals surface area contributed by atoms with E-state index in [1.54, 1.807) is 4.90 Å². The number of carbonyl (C=O) groups is 1. The number of aromatic nitrogens is 2. The van der Waals surface area contributed by atoms with Crippen LogP contribution >= 0.6 is 0 Å². The van der Waals surface area contributed by atoms with Crippen molar-refractivity contribution in [3.05, 3.63) is 82.5 Å². The molecule has 0 saturated carbocycles. The fraction of sp³-hybridized carbons (Fsp3) is 0.286. The van der Waals surface area contributed by atoms with Gasteiger partial charge >= 0.3 is 0 Å². The van der Waals surface area contributed by atoms with Crippen LogP contribution in [0, 0.1) is 6.92 Å². The Labute approximate surface area is 152 Å². The Bertz CT molecular complexity index is 948. The summed E-state index contributed by atoms with van der Waals surface area (Å²) in [7, 11) is 0. The van der Waals surface area contributed by atoms with Gasteiger partial charge in [-0.1, -0.05) is 54.5 Å². The highest BCUT2D eigenvalue weighted by Crippen LogP contribution is 2.25. The largest absolute Gasteiger partial charge is 0.337 e. The average molecular weight is 347 g/mol. The standard InChI is InChI=1S/C21H21N3O2/c1-14-7-3-5-9-17(14)15(2)20-22-19(26-23-20)13-24-12-11-16-8-4-6-10-18(16)21(24)25/h3-10,15H,11-13H2,1-2H3. The lowest BCUT2D eigenvalue weighted by Crippen LogP contribution is -2.37. The molecule has 0 saturated heterocycles. The lowest BCUT2D eigenvalue weighted by atomic mass is 9.96. The molecule has 2 aromatic carbocycles. The highest BCUT2D eigenvalue weighted by molar-refractivity contribution is 5.96. The van der Waals surface area contributed by atoms with Crippen LogP contribution < -0.4 is 0 Å². The van der Waals surface area contributed by atoms with Crippen molar-refractivity contribution in [2.75, 3.05) is 6.54 Å². The number of carbonyl (C=O) groups excluding carboxylic acids is 1. The molecule has 0 radical (unpaired) electrons. The molecule has 0 fully saturated rings. The molecule has 0 aliphatic carbocycles. The summed E-state index contributed by atoms with van der Waals surface area (Å²) in [6.45, 7) is 5.16. The second kappa shape index (κ2) is 6.75. The molecule has 3 aromatic rings. The van der Waals surface area contributed by atoms with Crippen molar-refractivity contribution in [2.24, 2.45) is 0 Å². The predicted molar refractivity (Wildman–Crippen MR) is 97.9 cm³/mol. The minimum Gasteiger partial charge on any atom is -0.337 e. The van der Waals surface area contributed by atoms with Crippen molar-refractivity contribution < 1.29 is 9.32 Å². The Morgan fingerprint density at radius 2 is 1.92 bits per heavy atom. The Morgan fingerprint density at radius 3 is 2.77 bits per heavy atom. The molecular formula is C21H21N3O2. The first-order valence-electron chi connectivity index (χ1n) is 8.88. The van der Waals surface area contributed by atoms with Gasteiger partial charge in [0.25, 0.3) is 5.91 Å². The molecule has 1 aliphatic heterocycles. The monoisotopic (exact) mass is 347 g/mol. The molecule has 0 bridgehead atoms. The van der Waals surface area contributed by atoms with Gasteiger partial charge in [0.1, 0.15) is 6.54 Å². The van der Waals surface area contributed by atoms with Crippen LogP contribution in [0.4, 0.5) is 0 Å². The quantitative estimate of drug-likeness (QED) is 0.721. The van der Waals surface area contributed by atoms with Crippen molar-refractivity contribution in [3.8, 4) is 0 Å². The molecule has 0 N–H and O–H groups in total. The number of rotatable bonds is 4. The molecule has 5 nitrogen and oxygen atoms in total. The summed E-state index contributed by atoms with van der Waals surface area (Å²) in [5, 5.41) is 4.14. The molecule has 0 spiro atoms. The molecule has 2 heterocycles. The molecule has 1 unspecified atom stereocenters. The maximum absolute atomic E-state index is 12.7. The molecule has 1 aromatic heterocycles. The van der Waals surface area contributed by atoms with E-state index >= 15 is 0 Å². The van der Waals surface area contributed by atoms with Crippen LogP contribution in [0.15, 0.2) is 53.1 Å². The number of aryl methyl sites for hydroxylation is 1. The summed E-state index contributed by atoms with van der Waals surface area (Å²) in [6.07, 6.45) is 0.850. The molecular weight excluding hydrogens is 326 g/mol. The maximum atomic E-state index is 12.7. The zero-order valence-electron chi connectivity index (χ0n) is 15.0. The van der Waals surface area contributed by atoms with E-state index in [1.807, 2.05) is 36.4 Å². The van der Waals surface area contributed by atoms with Gasteiger partial charge in [-0.15, -0.1) is 0 Å². The van der Waals surface area contributed by atoms with E-state index in [0.717, 1.165) is 17.5 Å². The molecule has 26 heavy (non-hydrogen) atoms. The van der Waals surface area contributed by atoms with Gasteiger partial charge in [0.05, 0.1) is 0 Å². The summed E-state index contributed by atoms with van der Waals surface area (Å²) in [4.78, 5) is 19.0. The topological polar surface area (TPSA) is 59.2 Å². The summed E-state index contributed by atoms with van der Waals surface area (Å²) >= 11 is 0. The van der Waals surface area contributed by atoms with Crippen LogP contribution in [0.5, 0.6) is 0 Å². The van der Waals surface area contributed by atoms with Gasteiger partial charge in [0.2, 0.25) is 5.89 Å². The third kappa shape index (κ3) is 3.01. The number of nitrogens with zero attached hydrogens (tertiary/aromatic N) is 3. The van der Waals surface area contributed by atoms with E-state index < -0.39 is 0 Å². The third-order valence-electron chi connectivity index (χ3n) is 5.04. The molecule has 5 heteroatoms. The number of amides is 1. The minimum atomic E-state index is 0.0264. The van der Waals surface area contributed by atoms with E-state index in [0.29, 0.717) is 24.8 Å². The van der Waals surface area contributed by atoms with Crippen molar-refractivity contribution in [2.45, 2.75) is 32.7 Å². The summed E-state index contributed by atoms with van der Waals surface area (Å²) in [5.74, 6) is 1.21. The Balaban J connectivity index is 1.51. The van der Waals surface area contributed by atoms with Crippen molar-refractivity contribution in [1.82, 2.24) is 15.0 Å². The van der Waals surface area contributed by atoms with Crippen molar-refractivity contribution in [1.29, 1.82) is 0 Å². The van der Waals surface area contributed by atoms with Crippen LogP contribution in [0.25, 0.3) is 0 Å². The Morgan fingerprint density at radius 1 is 1.15 bits per heavy atom. The summed E-state index contributed by atoms with van der Waals surface area (Å²) in [6, 6.07) is 16.0. The molecule has 4 rings (SSSR count).